The van der Waals surface area contributed by atoms with Crippen molar-refractivity contribution >= 4 is 23.9 Å². The fraction of sp³-hybridized carbons (Fsp3) is 0.150. The first-order chi connectivity index (χ1) is 13.6. The molecule has 8 nitrogen and oxygen atoms in total. The van der Waals surface area contributed by atoms with Gasteiger partial charge in [0.1, 0.15) is 6.61 Å². The van der Waals surface area contributed by atoms with Gasteiger partial charge in [0.2, 0.25) is 6.10 Å². The van der Waals surface area contributed by atoms with E-state index in [4.69, 9.17) is 14.2 Å². The lowest BCUT2D eigenvalue weighted by atomic mass is 10.2. The quantitative estimate of drug-likeness (QED) is 0.458. The number of carbonyl (C=O) groups excluding carboxylic acids is 3. The molecule has 2 aromatic carbocycles. The van der Waals surface area contributed by atoms with Crippen LogP contribution in [0, 0.1) is 0 Å². The van der Waals surface area contributed by atoms with Crippen molar-refractivity contribution in [1.82, 2.24) is 10.9 Å². The molecule has 1 aliphatic heterocycles. The predicted octanol–water partition coefficient (Wildman–Crippen LogP) is 1.23. The van der Waals surface area contributed by atoms with E-state index in [9.17, 15) is 14.4 Å². The van der Waals surface area contributed by atoms with E-state index < -0.39 is 30.5 Å². The molecule has 0 unspecified atom stereocenters. The normalized spacial score (nSPS) is 14.9. The molecule has 2 N–H and O–H groups in total. The highest BCUT2D eigenvalue weighted by Crippen LogP contribution is 2.30. The number of para-hydroxylation sites is 2. The van der Waals surface area contributed by atoms with E-state index in [0.29, 0.717) is 11.5 Å². The third kappa shape index (κ3) is 5.34. The molecule has 28 heavy (non-hydrogen) atoms. The van der Waals surface area contributed by atoms with E-state index in [0.717, 1.165) is 5.56 Å². The summed E-state index contributed by atoms with van der Waals surface area (Å²) in [5.41, 5.74) is 5.20. The molecule has 1 aliphatic rings. The van der Waals surface area contributed by atoms with Crippen molar-refractivity contribution in [3.05, 3.63) is 66.2 Å². The summed E-state index contributed by atoms with van der Waals surface area (Å²) in [5, 5.41) is 0. The topological polar surface area (TPSA) is 103 Å². The zero-order chi connectivity index (χ0) is 19.8. The lowest BCUT2D eigenvalue weighted by Crippen LogP contribution is -2.51. The largest absolute Gasteiger partial charge is 0.485 e. The van der Waals surface area contributed by atoms with E-state index >= 15 is 0 Å². The second kappa shape index (κ2) is 9.22. The first-order valence-corrected chi connectivity index (χ1v) is 8.49. The number of fused-ring (bicyclic) bond motifs is 1. The van der Waals surface area contributed by atoms with Crippen molar-refractivity contribution in [2.75, 3.05) is 13.2 Å². The Morgan fingerprint density at radius 1 is 1.00 bits per heavy atom. The van der Waals surface area contributed by atoms with Gasteiger partial charge in [-0.2, -0.15) is 0 Å². The molecular weight excluding hydrogens is 364 g/mol. The van der Waals surface area contributed by atoms with Crippen molar-refractivity contribution in [3.8, 4) is 11.5 Å². The smallest absolute Gasteiger partial charge is 0.331 e. The molecule has 0 bridgehead atoms. The molecule has 3 rings (SSSR count). The van der Waals surface area contributed by atoms with Crippen molar-refractivity contribution in [1.29, 1.82) is 0 Å². The average Bonchev–Trinajstić information content (AvgIpc) is 2.75. The van der Waals surface area contributed by atoms with Crippen LogP contribution in [0.3, 0.4) is 0 Å². The number of carbonyl (C=O) groups is 3. The van der Waals surface area contributed by atoms with Gasteiger partial charge >= 0.3 is 5.97 Å². The minimum Gasteiger partial charge on any atom is -0.485 e. The Morgan fingerprint density at radius 2 is 1.71 bits per heavy atom. The van der Waals surface area contributed by atoms with Gasteiger partial charge in [-0.05, 0) is 23.8 Å². The molecule has 0 radical (unpaired) electrons. The highest BCUT2D eigenvalue weighted by molar-refractivity contribution is 5.90. The van der Waals surface area contributed by atoms with Gasteiger partial charge in [0.25, 0.3) is 11.8 Å². The molecule has 0 saturated carbocycles. The lowest BCUT2D eigenvalue weighted by molar-refractivity contribution is -0.145. The monoisotopic (exact) mass is 382 g/mol. The average molecular weight is 382 g/mol. The van der Waals surface area contributed by atoms with Gasteiger partial charge < -0.3 is 14.2 Å². The minimum absolute atomic E-state index is 0.0119. The number of hydrazine groups is 1. The van der Waals surface area contributed by atoms with Gasteiger partial charge in [0.05, 0.1) is 0 Å². The van der Waals surface area contributed by atoms with Crippen LogP contribution in [0.4, 0.5) is 0 Å². The summed E-state index contributed by atoms with van der Waals surface area (Å²) >= 11 is 0. The second-order valence-corrected chi connectivity index (χ2v) is 5.75. The number of esters is 1. The Kier molecular flexibility index (Phi) is 6.25. The van der Waals surface area contributed by atoms with E-state index in [1.165, 1.54) is 6.08 Å². The van der Waals surface area contributed by atoms with Crippen molar-refractivity contribution in [2.45, 2.75) is 6.10 Å². The molecule has 1 atom stereocenters. The number of benzene rings is 2. The molecule has 144 valence electrons. The van der Waals surface area contributed by atoms with Crippen molar-refractivity contribution in [2.24, 2.45) is 0 Å². The van der Waals surface area contributed by atoms with E-state index in [2.05, 4.69) is 10.9 Å². The summed E-state index contributed by atoms with van der Waals surface area (Å²) in [4.78, 5) is 35.4. The number of nitrogens with one attached hydrogen (secondary N) is 2. The van der Waals surface area contributed by atoms with Crippen LogP contribution in [0.2, 0.25) is 0 Å². The van der Waals surface area contributed by atoms with Gasteiger partial charge in [-0.25, -0.2) is 4.79 Å². The third-order valence-electron chi connectivity index (χ3n) is 3.68. The van der Waals surface area contributed by atoms with Gasteiger partial charge in [0, 0.05) is 6.08 Å². The standard InChI is InChI=1S/C20H18N2O6/c23-18(13-27-19(24)11-10-14-6-2-1-3-7-14)21-22-20(25)17-12-26-15-8-4-5-9-16(15)28-17/h1-11,17H,12-13H2,(H,21,23)(H,22,25)/b11-10+/t17-/m1/s1. The highest BCUT2D eigenvalue weighted by Gasteiger charge is 2.27. The van der Waals surface area contributed by atoms with E-state index in [-0.39, 0.29) is 6.61 Å². The lowest BCUT2D eigenvalue weighted by Gasteiger charge is -2.25. The molecule has 0 spiro atoms. The summed E-state index contributed by atoms with van der Waals surface area (Å²) in [7, 11) is 0. The highest BCUT2D eigenvalue weighted by atomic mass is 16.6. The molecule has 0 saturated heterocycles. The third-order valence-corrected chi connectivity index (χ3v) is 3.68. The predicted molar refractivity (Wildman–Crippen MR) is 99.1 cm³/mol. The Morgan fingerprint density at radius 3 is 2.50 bits per heavy atom. The molecule has 0 aliphatic carbocycles. The van der Waals surface area contributed by atoms with Crippen LogP contribution in [-0.4, -0.2) is 37.1 Å². The van der Waals surface area contributed by atoms with Crippen LogP contribution in [0.15, 0.2) is 60.7 Å². The maximum Gasteiger partial charge on any atom is 0.331 e. The summed E-state index contributed by atoms with van der Waals surface area (Å²) in [6, 6.07) is 16.1. The Hall–Kier alpha value is -3.81. The zero-order valence-corrected chi connectivity index (χ0v) is 14.8. The molecule has 2 aromatic rings. The van der Waals surface area contributed by atoms with Crippen LogP contribution < -0.4 is 20.3 Å². The summed E-state index contributed by atoms with van der Waals surface area (Å²) in [6.45, 7) is -0.527. The van der Waals surface area contributed by atoms with Crippen molar-refractivity contribution in [3.63, 3.8) is 0 Å². The number of rotatable bonds is 5. The maximum absolute atomic E-state index is 12.1. The molecule has 8 heteroatoms. The molecule has 0 fully saturated rings. The summed E-state index contributed by atoms with van der Waals surface area (Å²) in [5.74, 6) is -0.957. The Bertz CT molecular complexity index is 881. The Balaban J connectivity index is 1.38. The SMILES string of the molecule is O=C(COC(=O)/C=C/c1ccccc1)NNC(=O)[C@H]1COc2ccccc2O1. The van der Waals surface area contributed by atoms with Crippen LogP contribution in [0.5, 0.6) is 11.5 Å². The minimum atomic E-state index is -0.911. The number of ether oxygens (including phenoxy) is 3. The maximum atomic E-state index is 12.1. The van der Waals surface area contributed by atoms with Gasteiger partial charge in [-0.3, -0.25) is 20.4 Å². The fourth-order valence-electron chi connectivity index (χ4n) is 2.31. The van der Waals surface area contributed by atoms with Crippen LogP contribution >= 0.6 is 0 Å². The van der Waals surface area contributed by atoms with E-state index in [1.54, 1.807) is 30.3 Å². The summed E-state index contributed by atoms with van der Waals surface area (Å²) < 4.78 is 15.8. The second-order valence-electron chi connectivity index (χ2n) is 5.75. The zero-order valence-electron chi connectivity index (χ0n) is 14.8. The molecule has 0 aromatic heterocycles. The van der Waals surface area contributed by atoms with Crippen LogP contribution in [0.25, 0.3) is 6.08 Å². The molecular formula is C20H18N2O6. The van der Waals surface area contributed by atoms with Gasteiger partial charge in [-0.1, -0.05) is 42.5 Å². The van der Waals surface area contributed by atoms with Gasteiger partial charge in [0.15, 0.2) is 18.1 Å². The summed E-state index contributed by atoms with van der Waals surface area (Å²) in [6.07, 6.45) is 1.87. The van der Waals surface area contributed by atoms with Crippen LogP contribution in [0.1, 0.15) is 5.56 Å². The fourth-order valence-corrected chi connectivity index (χ4v) is 2.31. The van der Waals surface area contributed by atoms with Gasteiger partial charge in [-0.15, -0.1) is 0 Å². The van der Waals surface area contributed by atoms with Crippen molar-refractivity contribution < 1.29 is 28.6 Å². The number of hydrogen-bond donors (Lipinski definition) is 2. The molecule has 1 heterocycles. The Labute approximate surface area is 161 Å². The molecule has 2 amide bonds. The first-order valence-electron chi connectivity index (χ1n) is 8.49. The number of amides is 2. The van der Waals surface area contributed by atoms with Crippen LogP contribution in [-0.2, 0) is 19.1 Å². The number of hydrogen-bond acceptors (Lipinski definition) is 6. The van der Waals surface area contributed by atoms with E-state index in [1.807, 2.05) is 30.3 Å². The first kappa shape index (κ1) is 19.0.